The fourth-order valence-electron chi connectivity index (χ4n) is 1.89. The zero-order valence-electron chi connectivity index (χ0n) is 12.2. The van der Waals surface area contributed by atoms with Crippen LogP contribution in [-0.4, -0.2) is 34.2 Å². The van der Waals surface area contributed by atoms with Crippen LogP contribution < -0.4 is 0 Å². The van der Waals surface area contributed by atoms with Crippen LogP contribution in [0.3, 0.4) is 0 Å². The number of rotatable bonds is 5. The van der Waals surface area contributed by atoms with Crippen molar-refractivity contribution in [2.75, 3.05) is 13.2 Å². The molecule has 1 amide bonds. The van der Waals surface area contributed by atoms with Gasteiger partial charge in [0.25, 0.3) is 5.91 Å². The summed E-state index contributed by atoms with van der Waals surface area (Å²) in [5.74, 6) is -0.596. The highest BCUT2D eigenvalue weighted by Crippen LogP contribution is 2.34. The maximum atomic E-state index is 12.4. The molecule has 0 N–H and O–H groups in total. The first-order valence-corrected chi connectivity index (χ1v) is 8.76. The van der Waals surface area contributed by atoms with E-state index in [0.717, 1.165) is 0 Å². The number of carbonyl (C=O) groups is 2. The van der Waals surface area contributed by atoms with Gasteiger partial charge in [0, 0.05) is 16.6 Å². The summed E-state index contributed by atoms with van der Waals surface area (Å²) in [5.41, 5.74) is 0.682. The molecular weight excluding hydrogens is 377 g/mol. The molecule has 23 heavy (non-hydrogen) atoms. The lowest BCUT2D eigenvalue weighted by atomic mass is 10.2. The Hall–Kier alpha value is -1.08. The summed E-state index contributed by atoms with van der Waals surface area (Å²) in [5, 5.41) is 0.975. The topological polar surface area (TPSA) is 46.6 Å². The van der Waals surface area contributed by atoms with E-state index in [0.29, 0.717) is 31.4 Å². The van der Waals surface area contributed by atoms with Gasteiger partial charge >= 0.3 is 5.97 Å². The monoisotopic (exact) mass is 389 g/mol. The average molecular weight is 390 g/mol. The highest BCUT2D eigenvalue weighted by molar-refractivity contribution is 8.26. The van der Waals surface area contributed by atoms with Crippen LogP contribution in [0.5, 0.6) is 0 Å². The molecule has 1 saturated heterocycles. The highest BCUT2D eigenvalue weighted by Gasteiger charge is 2.32. The summed E-state index contributed by atoms with van der Waals surface area (Å²) < 4.78 is 5.26. The third-order valence-corrected chi connectivity index (χ3v) is 4.91. The standard InChI is InChI=1S/C15H13Cl2NO3S2/c1-2-21-13(19)5-6-18-14(20)12(23-15(18)22)7-9-3-4-10(16)8-11(9)17/h3-4,7-8H,2,5-6H2,1H3. The van der Waals surface area contributed by atoms with Crippen molar-refractivity contribution in [1.29, 1.82) is 0 Å². The van der Waals surface area contributed by atoms with Gasteiger partial charge in [0.1, 0.15) is 4.32 Å². The van der Waals surface area contributed by atoms with Crippen LogP contribution in [0.4, 0.5) is 0 Å². The molecule has 0 unspecified atom stereocenters. The average Bonchev–Trinajstić information content (AvgIpc) is 2.75. The molecule has 0 saturated carbocycles. The van der Waals surface area contributed by atoms with Crippen LogP contribution in [0.15, 0.2) is 23.1 Å². The number of thioether (sulfide) groups is 1. The fourth-order valence-corrected chi connectivity index (χ4v) is 3.65. The van der Waals surface area contributed by atoms with E-state index in [1.54, 1.807) is 31.2 Å². The van der Waals surface area contributed by atoms with Gasteiger partial charge < -0.3 is 4.74 Å². The Morgan fingerprint density at radius 2 is 2.17 bits per heavy atom. The molecule has 1 aliphatic heterocycles. The van der Waals surface area contributed by atoms with E-state index < -0.39 is 0 Å². The van der Waals surface area contributed by atoms with Gasteiger partial charge in [-0.3, -0.25) is 14.5 Å². The number of hydrogen-bond donors (Lipinski definition) is 0. The molecule has 2 rings (SSSR count). The predicted molar refractivity (Wildman–Crippen MR) is 97.6 cm³/mol. The molecule has 1 heterocycles. The van der Waals surface area contributed by atoms with Gasteiger partial charge in [-0.05, 0) is 30.7 Å². The van der Waals surface area contributed by atoms with Crippen molar-refractivity contribution in [2.45, 2.75) is 13.3 Å². The van der Waals surface area contributed by atoms with E-state index in [-0.39, 0.29) is 24.8 Å². The summed E-state index contributed by atoms with van der Waals surface area (Å²) >= 11 is 18.3. The molecule has 1 aromatic carbocycles. The minimum Gasteiger partial charge on any atom is -0.466 e. The van der Waals surface area contributed by atoms with E-state index in [2.05, 4.69) is 0 Å². The number of ether oxygens (including phenoxy) is 1. The smallest absolute Gasteiger partial charge is 0.307 e. The molecule has 0 radical (unpaired) electrons. The zero-order chi connectivity index (χ0) is 17.0. The van der Waals surface area contributed by atoms with Gasteiger partial charge in [-0.15, -0.1) is 0 Å². The number of thiocarbonyl (C=S) groups is 1. The maximum Gasteiger partial charge on any atom is 0.307 e. The van der Waals surface area contributed by atoms with Crippen LogP contribution in [0, 0.1) is 0 Å². The van der Waals surface area contributed by atoms with Crippen molar-refractivity contribution in [1.82, 2.24) is 4.90 Å². The lowest BCUT2D eigenvalue weighted by molar-refractivity contribution is -0.143. The second kappa shape index (κ2) is 8.15. The highest BCUT2D eigenvalue weighted by atomic mass is 35.5. The minimum atomic E-state index is -0.355. The molecule has 0 bridgehead atoms. The number of nitrogens with zero attached hydrogens (tertiary/aromatic N) is 1. The number of carbonyl (C=O) groups excluding carboxylic acids is 2. The fraction of sp³-hybridized carbons (Fsp3) is 0.267. The molecule has 1 fully saturated rings. The maximum absolute atomic E-state index is 12.4. The minimum absolute atomic E-state index is 0.106. The quantitative estimate of drug-likeness (QED) is 0.430. The zero-order valence-corrected chi connectivity index (χ0v) is 15.3. The number of amides is 1. The first kappa shape index (κ1) is 18.3. The van der Waals surface area contributed by atoms with E-state index in [1.165, 1.54) is 16.7 Å². The van der Waals surface area contributed by atoms with E-state index in [9.17, 15) is 9.59 Å². The Kier molecular flexibility index (Phi) is 6.47. The van der Waals surface area contributed by atoms with Gasteiger partial charge in [-0.1, -0.05) is 53.2 Å². The summed E-state index contributed by atoms with van der Waals surface area (Å²) in [6, 6.07) is 5.03. The molecule has 4 nitrogen and oxygen atoms in total. The second-order valence-corrected chi connectivity index (χ2v) is 7.07. The molecule has 0 aromatic heterocycles. The number of halogens is 2. The Bertz CT molecular complexity index is 691. The summed E-state index contributed by atoms with van der Waals surface area (Å²) in [6.07, 6.45) is 1.78. The van der Waals surface area contributed by atoms with Crippen LogP contribution >= 0.6 is 47.2 Å². The van der Waals surface area contributed by atoms with Crippen molar-refractivity contribution in [3.05, 3.63) is 38.7 Å². The van der Waals surface area contributed by atoms with E-state index in [4.69, 9.17) is 40.2 Å². The van der Waals surface area contributed by atoms with Crippen LogP contribution in [0.1, 0.15) is 18.9 Å². The van der Waals surface area contributed by atoms with E-state index >= 15 is 0 Å². The lowest BCUT2D eigenvalue weighted by Crippen LogP contribution is -2.30. The molecular formula is C15H13Cl2NO3S2. The van der Waals surface area contributed by atoms with Crippen molar-refractivity contribution in [2.24, 2.45) is 0 Å². The van der Waals surface area contributed by atoms with Gasteiger partial charge in [0.05, 0.1) is 17.9 Å². The van der Waals surface area contributed by atoms with Crippen molar-refractivity contribution < 1.29 is 14.3 Å². The molecule has 0 spiro atoms. The van der Waals surface area contributed by atoms with Crippen LogP contribution in [0.25, 0.3) is 6.08 Å². The Morgan fingerprint density at radius 1 is 1.43 bits per heavy atom. The van der Waals surface area contributed by atoms with Gasteiger partial charge in [0.2, 0.25) is 0 Å². The third kappa shape index (κ3) is 4.70. The third-order valence-electron chi connectivity index (χ3n) is 2.97. The SMILES string of the molecule is CCOC(=O)CCN1C(=O)C(=Cc2ccc(Cl)cc2Cl)SC1=S. The molecule has 0 atom stereocenters. The first-order chi connectivity index (χ1) is 10.9. The molecule has 8 heteroatoms. The molecule has 122 valence electrons. The number of esters is 1. The molecule has 0 aliphatic carbocycles. The van der Waals surface area contributed by atoms with Gasteiger partial charge in [0.15, 0.2) is 0 Å². The van der Waals surface area contributed by atoms with Crippen molar-refractivity contribution >= 4 is 69.5 Å². The predicted octanol–water partition coefficient (Wildman–Crippen LogP) is 4.15. The van der Waals surface area contributed by atoms with Crippen molar-refractivity contribution in [3.8, 4) is 0 Å². The van der Waals surface area contributed by atoms with E-state index in [1.807, 2.05) is 0 Å². The Labute approximate surface area is 153 Å². The summed E-state index contributed by atoms with van der Waals surface area (Å²) in [4.78, 5) is 25.7. The van der Waals surface area contributed by atoms with Gasteiger partial charge in [-0.25, -0.2) is 0 Å². The molecule has 1 aliphatic rings. The normalized spacial score (nSPS) is 16.3. The van der Waals surface area contributed by atoms with Crippen molar-refractivity contribution in [3.63, 3.8) is 0 Å². The summed E-state index contributed by atoms with van der Waals surface area (Å²) in [6.45, 7) is 2.25. The Balaban J connectivity index is 2.11. The Morgan fingerprint density at radius 3 is 2.83 bits per heavy atom. The van der Waals surface area contributed by atoms with Crippen LogP contribution in [-0.2, 0) is 14.3 Å². The summed E-state index contributed by atoms with van der Waals surface area (Å²) in [7, 11) is 0. The molecule has 1 aromatic rings. The second-order valence-electron chi connectivity index (χ2n) is 4.55. The number of hydrogen-bond acceptors (Lipinski definition) is 5. The van der Waals surface area contributed by atoms with Crippen LogP contribution in [0.2, 0.25) is 10.0 Å². The van der Waals surface area contributed by atoms with Gasteiger partial charge in [-0.2, -0.15) is 0 Å². The first-order valence-electron chi connectivity index (χ1n) is 6.78. The largest absolute Gasteiger partial charge is 0.466 e. The lowest BCUT2D eigenvalue weighted by Gasteiger charge is -2.13. The number of benzene rings is 1.